The van der Waals surface area contributed by atoms with Crippen LogP contribution in [0.1, 0.15) is 76.3 Å². The molecule has 0 saturated carbocycles. The summed E-state index contributed by atoms with van der Waals surface area (Å²) >= 11 is 0. The predicted molar refractivity (Wildman–Crippen MR) is 137 cm³/mol. The minimum atomic E-state index is -0.125. The van der Waals surface area contributed by atoms with Crippen molar-refractivity contribution >= 4 is 10.8 Å². The number of benzene rings is 3. The van der Waals surface area contributed by atoms with E-state index in [1.165, 1.54) is 44.2 Å². The van der Waals surface area contributed by atoms with Gasteiger partial charge in [0.15, 0.2) is 0 Å². The zero-order chi connectivity index (χ0) is 22.9. The molecular formula is C31H33N. The van der Waals surface area contributed by atoms with Crippen LogP contribution in [0.3, 0.4) is 0 Å². The summed E-state index contributed by atoms with van der Waals surface area (Å²) in [5.74, 6) is 0. The van der Waals surface area contributed by atoms with Gasteiger partial charge in [0.2, 0.25) is 0 Å². The molecule has 0 atom stereocenters. The maximum Gasteiger partial charge on any atom is 0.0708 e. The number of rotatable bonds is 1. The van der Waals surface area contributed by atoms with Crippen LogP contribution < -0.4 is 0 Å². The fourth-order valence-corrected chi connectivity index (χ4v) is 5.56. The lowest BCUT2D eigenvalue weighted by Crippen LogP contribution is -2.37. The Hall–Kier alpha value is -2.93. The Morgan fingerprint density at radius 2 is 1.28 bits per heavy atom. The van der Waals surface area contributed by atoms with Crippen molar-refractivity contribution in [2.24, 2.45) is 0 Å². The van der Waals surface area contributed by atoms with Crippen LogP contribution in [0.2, 0.25) is 0 Å². The summed E-state index contributed by atoms with van der Waals surface area (Å²) in [6.07, 6.45) is 1.97. The highest BCUT2D eigenvalue weighted by Crippen LogP contribution is 2.53. The molecular weight excluding hydrogens is 386 g/mol. The van der Waals surface area contributed by atoms with Crippen LogP contribution in [0.25, 0.3) is 22.0 Å². The highest BCUT2D eigenvalue weighted by Gasteiger charge is 2.43. The molecule has 0 unspecified atom stereocenters. The molecule has 1 aliphatic carbocycles. The summed E-state index contributed by atoms with van der Waals surface area (Å²) < 4.78 is 0. The van der Waals surface area contributed by atoms with E-state index < -0.39 is 0 Å². The maximum atomic E-state index is 4.85. The molecule has 1 aromatic heterocycles. The van der Waals surface area contributed by atoms with Crippen molar-refractivity contribution in [3.63, 3.8) is 0 Å². The van der Waals surface area contributed by atoms with Gasteiger partial charge in [-0.05, 0) is 68.3 Å². The summed E-state index contributed by atoms with van der Waals surface area (Å²) in [6, 6.07) is 24.8. The van der Waals surface area contributed by atoms with Gasteiger partial charge < -0.3 is 0 Å². The fraction of sp³-hybridized carbons (Fsp3) is 0.323. The third-order valence-corrected chi connectivity index (χ3v) is 7.50. The first-order valence-corrected chi connectivity index (χ1v) is 11.7. The maximum absolute atomic E-state index is 4.85. The van der Waals surface area contributed by atoms with E-state index in [0.717, 1.165) is 5.69 Å². The molecule has 1 aliphatic rings. The number of fused-ring (bicyclic) bond motifs is 3. The second kappa shape index (κ2) is 6.78. The third-order valence-electron chi connectivity index (χ3n) is 7.50. The second-order valence-corrected chi connectivity index (χ2v) is 11.4. The molecule has 4 aromatic rings. The van der Waals surface area contributed by atoms with Gasteiger partial charge in [0.1, 0.15) is 0 Å². The van der Waals surface area contributed by atoms with Gasteiger partial charge >= 0.3 is 0 Å². The lowest BCUT2D eigenvalue weighted by atomic mass is 9.58. The van der Waals surface area contributed by atoms with E-state index in [2.05, 4.69) is 115 Å². The quantitative estimate of drug-likeness (QED) is 0.303. The zero-order valence-electron chi connectivity index (χ0n) is 20.4. The average Bonchev–Trinajstić information content (AvgIpc) is 2.76. The van der Waals surface area contributed by atoms with Gasteiger partial charge in [-0.15, -0.1) is 0 Å². The first kappa shape index (κ1) is 20.9. The molecule has 1 nitrogen and oxygen atoms in total. The smallest absolute Gasteiger partial charge is 0.0708 e. The minimum Gasteiger partial charge on any atom is -0.256 e. The van der Waals surface area contributed by atoms with Crippen molar-refractivity contribution in [3.8, 4) is 11.3 Å². The van der Waals surface area contributed by atoms with Crippen LogP contribution in [0.5, 0.6) is 0 Å². The molecule has 0 fully saturated rings. The van der Waals surface area contributed by atoms with Crippen LogP contribution in [-0.4, -0.2) is 4.98 Å². The number of nitrogens with zero attached hydrogens (tertiary/aromatic N) is 1. The molecule has 1 heterocycles. The van der Waals surface area contributed by atoms with Gasteiger partial charge in [-0.25, -0.2) is 0 Å². The van der Waals surface area contributed by atoms with E-state index in [-0.39, 0.29) is 16.2 Å². The highest BCUT2D eigenvalue weighted by atomic mass is 14.7. The number of aromatic nitrogens is 1. The fourth-order valence-electron chi connectivity index (χ4n) is 5.56. The molecule has 0 amide bonds. The molecule has 3 aromatic carbocycles. The van der Waals surface area contributed by atoms with E-state index in [9.17, 15) is 0 Å². The topological polar surface area (TPSA) is 12.9 Å². The summed E-state index contributed by atoms with van der Waals surface area (Å²) in [5, 5.41) is 2.62. The molecule has 5 rings (SSSR count). The van der Waals surface area contributed by atoms with Crippen molar-refractivity contribution in [2.45, 2.75) is 64.7 Å². The van der Waals surface area contributed by atoms with Gasteiger partial charge in [-0.2, -0.15) is 0 Å². The first-order chi connectivity index (χ1) is 15.0. The lowest BCUT2D eigenvalue weighted by Gasteiger charge is -2.45. The van der Waals surface area contributed by atoms with Crippen molar-refractivity contribution in [3.05, 3.63) is 101 Å². The number of hydrogen-bond acceptors (Lipinski definition) is 1. The molecule has 32 heavy (non-hydrogen) atoms. The van der Waals surface area contributed by atoms with E-state index >= 15 is 0 Å². The molecule has 0 radical (unpaired) electrons. The highest BCUT2D eigenvalue weighted by molar-refractivity contribution is 5.86. The molecule has 0 spiro atoms. The Kier molecular flexibility index (Phi) is 4.44. The second-order valence-electron chi connectivity index (χ2n) is 11.4. The van der Waals surface area contributed by atoms with Crippen LogP contribution in [0, 0.1) is 0 Å². The average molecular weight is 420 g/mol. The first-order valence-electron chi connectivity index (χ1n) is 11.7. The van der Waals surface area contributed by atoms with E-state index in [1.54, 1.807) is 0 Å². The Labute approximate surface area is 192 Å². The van der Waals surface area contributed by atoms with E-state index in [4.69, 9.17) is 4.98 Å². The molecule has 0 saturated heterocycles. The molecule has 0 N–H and O–H groups in total. The molecule has 0 aliphatic heterocycles. The molecule has 1 heteroatoms. The standard InChI is InChI=1S/C31H33N/c1-29(2,3)22-15-16-32-27(19-22)23-13-10-14-24-28(23)31(6,7)26-18-21-12-9-8-11-20(21)17-25(26)30(24,4)5/h8-19H,1-7H3. The minimum absolute atomic E-state index is 0.0815. The van der Waals surface area contributed by atoms with Crippen molar-refractivity contribution in [2.75, 3.05) is 0 Å². The summed E-state index contributed by atoms with van der Waals surface area (Å²) in [4.78, 5) is 4.85. The SMILES string of the molecule is CC(C)(C)c1ccnc(-c2cccc3c2C(C)(C)c2cc4ccccc4cc2C3(C)C)c1. The number of hydrogen-bond donors (Lipinski definition) is 0. The Balaban J connectivity index is 1.82. The summed E-state index contributed by atoms with van der Waals surface area (Å²) in [6.45, 7) is 16.3. The van der Waals surface area contributed by atoms with Crippen LogP contribution in [-0.2, 0) is 16.2 Å². The van der Waals surface area contributed by atoms with Crippen LogP contribution in [0.15, 0.2) is 72.9 Å². The van der Waals surface area contributed by atoms with Crippen molar-refractivity contribution in [1.82, 2.24) is 4.98 Å². The van der Waals surface area contributed by atoms with E-state index in [1.807, 2.05) is 6.20 Å². The van der Waals surface area contributed by atoms with Crippen molar-refractivity contribution < 1.29 is 0 Å². The summed E-state index contributed by atoms with van der Waals surface area (Å²) in [5.41, 5.74) is 9.20. The Bertz CT molecular complexity index is 1350. The molecule has 0 bridgehead atoms. The third kappa shape index (κ3) is 3.02. The van der Waals surface area contributed by atoms with Gasteiger partial charge in [0, 0.05) is 22.6 Å². The van der Waals surface area contributed by atoms with Crippen molar-refractivity contribution in [1.29, 1.82) is 0 Å². The normalized spacial score (nSPS) is 16.5. The van der Waals surface area contributed by atoms with Gasteiger partial charge in [0.05, 0.1) is 5.69 Å². The summed E-state index contributed by atoms with van der Waals surface area (Å²) in [7, 11) is 0. The molecule has 162 valence electrons. The Morgan fingerprint density at radius 3 is 1.91 bits per heavy atom. The monoisotopic (exact) mass is 419 g/mol. The van der Waals surface area contributed by atoms with E-state index in [0.29, 0.717) is 0 Å². The van der Waals surface area contributed by atoms with Crippen LogP contribution in [0.4, 0.5) is 0 Å². The predicted octanol–water partition coefficient (Wildman–Crippen LogP) is 8.16. The van der Waals surface area contributed by atoms with Gasteiger partial charge in [-0.1, -0.05) is 90.9 Å². The van der Waals surface area contributed by atoms with Gasteiger partial charge in [-0.3, -0.25) is 4.98 Å². The Morgan fingerprint density at radius 1 is 0.656 bits per heavy atom. The number of pyridine rings is 1. The van der Waals surface area contributed by atoms with Crippen LogP contribution >= 0.6 is 0 Å². The lowest BCUT2D eigenvalue weighted by molar-refractivity contribution is 0.523. The largest absolute Gasteiger partial charge is 0.256 e. The van der Waals surface area contributed by atoms with Gasteiger partial charge in [0.25, 0.3) is 0 Å². The zero-order valence-corrected chi connectivity index (χ0v) is 20.4.